The minimum Gasteiger partial charge on any atom is -0.367 e. The molecule has 2 aliphatic heterocycles. The molecule has 0 radical (unpaired) electrons. The molecule has 0 amide bonds. The Balaban J connectivity index is 1.46. The van der Waals surface area contributed by atoms with Crippen molar-refractivity contribution >= 4 is 17.3 Å². The van der Waals surface area contributed by atoms with Gasteiger partial charge in [0.05, 0.1) is 5.41 Å². The first-order chi connectivity index (χ1) is 10.2. The van der Waals surface area contributed by atoms with Gasteiger partial charge in [-0.1, -0.05) is 5.16 Å². The fraction of sp³-hybridized carbons (Fsp3) is 0.429. The molecule has 1 aromatic carbocycles. The number of hydrogen-bond acceptors (Lipinski definition) is 4. The smallest absolute Gasteiger partial charge is 0.241 e. The van der Waals surface area contributed by atoms with Gasteiger partial charge in [-0.25, -0.2) is 8.78 Å². The molecule has 3 heterocycles. The van der Waals surface area contributed by atoms with Gasteiger partial charge in [0.25, 0.3) is 0 Å². The van der Waals surface area contributed by atoms with Crippen LogP contribution in [-0.4, -0.2) is 22.7 Å². The van der Waals surface area contributed by atoms with Gasteiger partial charge in [-0.2, -0.15) is 4.98 Å². The zero-order chi connectivity index (χ0) is 14.4. The molecule has 4 aliphatic rings. The second-order valence-corrected chi connectivity index (χ2v) is 6.17. The van der Waals surface area contributed by atoms with Crippen LogP contribution in [0.15, 0.2) is 22.7 Å². The van der Waals surface area contributed by atoms with Crippen LogP contribution < -0.4 is 4.90 Å². The van der Waals surface area contributed by atoms with Crippen molar-refractivity contribution in [1.29, 1.82) is 0 Å². The highest BCUT2D eigenvalue weighted by Gasteiger charge is 2.95. The van der Waals surface area contributed by atoms with Crippen LogP contribution in [0.1, 0.15) is 11.7 Å². The summed E-state index contributed by atoms with van der Waals surface area (Å²) in [7, 11) is 0. The van der Waals surface area contributed by atoms with Crippen molar-refractivity contribution in [2.45, 2.75) is 17.3 Å². The van der Waals surface area contributed by atoms with E-state index in [0.29, 0.717) is 29.2 Å². The maximum atomic E-state index is 13.4. The molecule has 2 bridgehead atoms. The summed E-state index contributed by atoms with van der Waals surface area (Å²) in [5.41, 5.74) is 0.672. The van der Waals surface area contributed by atoms with Crippen LogP contribution in [0.2, 0.25) is 0 Å². The maximum Gasteiger partial charge on any atom is 0.241 e. The van der Waals surface area contributed by atoms with Gasteiger partial charge in [0.2, 0.25) is 5.89 Å². The van der Waals surface area contributed by atoms with Crippen LogP contribution in [0.3, 0.4) is 0 Å². The van der Waals surface area contributed by atoms with E-state index in [1.807, 2.05) is 0 Å². The average molecular weight is 310 g/mol. The average Bonchev–Trinajstić information content (AvgIpc) is 3.07. The van der Waals surface area contributed by atoms with Gasteiger partial charge < -0.3 is 9.42 Å². The number of halogens is 3. The fourth-order valence-corrected chi connectivity index (χ4v) is 4.26. The van der Waals surface area contributed by atoms with Crippen LogP contribution in [0, 0.1) is 23.5 Å². The number of piperidine rings is 1. The number of hydrogen-bond donors (Lipinski definition) is 0. The van der Waals surface area contributed by atoms with Crippen LogP contribution in [0.25, 0.3) is 0 Å². The van der Waals surface area contributed by atoms with Crippen molar-refractivity contribution in [3.63, 3.8) is 0 Å². The molecule has 4 atom stereocenters. The van der Waals surface area contributed by atoms with Crippen molar-refractivity contribution in [2.75, 3.05) is 11.4 Å². The van der Waals surface area contributed by atoms with E-state index in [2.05, 4.69) is 15.0 Å². The lowest BCUT2D eigenvalue weighted by atomic mass is 10.1. The quantitative estimate of drug-likeness (QED) is 0.817. The van der Waals surface area contributed by atoms with E-state index < -0.39 is 11.6 Å². The largest absolute Gasteiger partial charge is 0.367 e. The molecule has 2 aromatic rings. The van der Waals surface area contributed by atoms with Crippen LogP contribution in [-0.2, 0) is 11.3 Å². The second-order valence-electron chi connectivity index (χ2n) is 5.91. The normalized spacial score (nSPS) is 35.0. The summed E-state index contributed by atoms with van der Waals surface area (Å²) >= 11 is 5.69. The lowest BCUT2D eigenvalue weighted by Gasteiger charge is -2.18. The molecule has 108 valence electrons. The summed E-state index contributed by atoms with van der Waals surface area (Å²) in [6.45, 7) is 0.825. The monoisotopic (exact) mass is 309 g/mol. The topological polar surface area (TPSA) is 42.2 Å². The van der Waals surface area contributed by atoms with E-state index >= 15 is 0 Å². The molecule has 0 spiro atoms. The Kier molecular flexibility index (Phi) is 2.01. The highest BCUT2D eigenvalue weighted by Crippen LogP contribution is 2.85. The van der Waals surface area contributed by atoms with E-state index in [1.54, 1.807) is 6.07 Å². The molecular weight excluding hydrogens is 300 g/mol. The molecule has 2 aliphatic carbocycles. The number of fused-ring (bicyclic) bond motifs is 1. The van der Waals surface area contributed by atoms with Gasteiger partial charge in [0.1, 0.15) is 5.88 Å². The molecule has 0 N–H and O–H groups in total. The molecular formula is C14H10ClF2N3O. The van der Waals surface area contributed by atoms with Gasteiger partial charge in [-0.3, -0.25) is 0 Å². The van der Waals surface area contributed by atoms with Gasteiger partial charge in [-0.05, 0) is 18.1 Å². The molecule has 6 rings (SSSR count). The Hall–Kier alpha value is -1.69. The van der Waals surface area contributed by atoms with Crippen LogP contribution in [0.5, 0.6) is 0 Å². The Morgan fingerprint density at radius 3 is 2.90 bits per heavy atom. The molecule has 2 saturated heterocycles. The summed E-state index contributed by atoms with van der Waals surface area (Å²) < 4.78 is 31.5. The predicted molar refractivity (Wildman–Crippen MR) is 70.0 cm³/mol. The van der Waals surface area contributed by atoms with E-state index in [1.165, 1.54) is 12.1 Å². The lowest BCUT2D eigenvalue weighted by molar-refractivity contribution is 0.380. The third-order valence-corrected chi connectivity index (χ3v) is 5.37. The first-order valence-corrected chi connectivity index (χ1v) is 7.32. The summed E-state index contributed by atoms with van der Waals surface area (Å²) in [5.74, 6) is 0.695. The Bertz CT molecular complexity index is 760. The van der Waals surface area contributed by atoms with Gasteiger partial charge in [0.15, 0.2) is 17.5 Å². The van der Waals surface area contributed by atoms with E-state index in [4.69, 9.17) is 16.1 Å². The Labute approximate surface area is 123 Å². The molecule has 21 heavy (non-hydrogen) atoms. The van der Waals surface area contributed by atoms with E-state index in [0.717, 1.165) is 6.54 Å². The lowest BCUT2D eigenvalue weighted by Crippen LogP contribution is -2.23. The third-order valence-electron chi connectivity index (χ3n) is 5.14. The van der Waals surface area contributed by atoms with Crippen molar-refractivity contribution in [2.24, 2.45) is 11.8 Å². The number of benzene rings is 1. The summed E-state index contributed by atoms with van der Waals surface area (Å²) in [5, 5.41) is 4.03. The number of anilines is 1. The number of alkyl halides is 1. The fourth-order valence-electron chi connectivity index (χ4n) is 4.15. The number of nitrogens with zero attached hydrogens (tertiary/aromatic N) is 3. The molecule has 7 heteroatoms. The standard InChI is InChI=1S/C14H10ClF2N3O/c15-4-10-18-13(19-21-10)14-7-5-20(12(14)11(7)14)6-1-2-8(16)9(17)3-6/h1-3,7,11-12H,4-5H2/t7-,11-,12?,14-/m1/s1. The first-order valence-electron chi connectivity index (χ1n) is 6.78. The zero-order valence-corrected chi connectivity index (χ0v) is 11.5. The molecule has 4 nitrogen and oxygen atoms in total. The zero-order valence-electron chi connectivity index (χ0n) is 10.8. The van der Waals surface area contributed by atoms with Crippen molar-refractivity contribution in [1.82, 2.24) is 10.1 Å². The minimum atomic E-state index is -0.822. The summed E-state index contributed by atoms with van der Waals surface area (Å²) in [6, 6.07) is 4.31. The van der Waals surface area contributed by atoms with Gasteiger partial charge >= 0.3 is 0 Å². The van der Waals surface area contributed by atoms with Crippen LogP contribution >= 0.6 is 11.6 Å². The van der Waals surface area contributed by atoms with Gasteiger partial charge in [0, 0.05) is 30.3 Å². The first kappa shape index (κ1) is 11.9. The van der Waals surface area contributed by atoms with E-state index in [9.17, 15) is 8.78 Å². The Morgan fingerprint density at radius 2 is 2.24 bits per heavy atom. The van der Waals surface area contributed by atoms with Crippen molar-refractivity contribution in [3.05, 3.63) is 41.5 Å². The maximum absolute atomic E-state index is 13.4. The molecule has 1 unspecified atom stereocenters. The number of aromatic nitrogens is 2. The molecule has 2 saturated carbocycles. The van der Waals surface area contributed by atoms with Crippen molar-refractivity contribution < 1.29 is 13.3 Å². The summed E-state index contributed by atoms with van der Waals surface area (Å²) in [6.07, 6.45) is 0. The van der Waals surface area contributed by atoms with Gasteiger partial charge in [-0.15, -0.1) is 11.6 Å². The Morgan fingerprint density at radius 1 is 1.38 bits per heavy atom. The predicted octanol–water partition coefficient (Wildman–Crippen LogP) is 2.47. The third kappa shape index (κ3) is 1.25. The second kappa shape index (κ2) is 3.55. The van der Waals surface area contributed by atoms with Crippen molar-refractivity contribution in [3.8, 4) is 0 Å². The molecule has 1 aromatic heterocycles. The van der Waals surface area contributed by atoms with Crippen LogP contribution in [0.4, 0.5) is 14.5 Å². The minimum absolute atomic E-state index is 0.0430. The SMILES string of the molecule is Fc1ccc(N2C[C@@H]3[C@@H]4C2[C@@]34c2noc(CCl)n2)cc1F. The highest BCUT2D eigenvalue weighted by molar-refractivity contribution is 6.16. The number of rotatable bonds is 3. The molecule has 4 fully saturated rings. The van der Waals surface area contributed by atoms with E-state index in [-0.39, 0.29) is 17.3 Å². The highest BCUT2D eigenvalue weighted by atomic mass is 35.5. The summed E-state index contributed by atoms with van der Waals surface area (Å²) in [4.78, 5) is 6.45.